The molecular weight excluding hydrogens is 334 g/mol. The molecule has 3 rings (SSSR count). The molecule has 1 heterocycles. The van der Waals surface area contributed by atoms with Crippen molar-refractivity contribution in [2.24, 2.45) is 5.14 Å². The maximum Gasteiger partial charge on any atom is 0.251 e. The van der Waals surface area contributed by atoms with Crippen LogP contribution in [0.25, 0.3) is 0 Å². The van der Waals surface area contributed by atoms with E-state index in [1.165, 1.54) is 11.1 Å². The number of hydrogen-bond acceptors (Lipinski definition) is 5. The van der Waals surface area contributed by atoms with Gasteiger partial charge in [0.2, 0.25) is 0 Å². The molecule has 0 radical (unpaired) electrons. The minimum Gasteiger partial charge on any atom is -0.390 e. The lowest BCUT2D eigenvalue weighted by molar-refractivity contribution is 0.0842. The van der Waals surface area contributed by atoms with Crippen molar-refractivity contribution in [2.45, 2.75) is 24.0 Å². The molecule has 132 valence electrons. The van der Waals surface area contributed by atoms with E-state index >= 15 is 0 Å². The Morgan fingerprint density at radius 2 is 1.92 bits per heavy atom. The molecule has 0 spiro atoms. The van der Waals surface area contributed by atoms with Crippen molar-refractivity contribution in [2.75, 3.05) is 19.6 Å². The fourth-order valence-corrected chi connectivity index (χ4v) is 3.36. The van der Waals surface area contributed by atoms with Gasteiger partial charge in [0.1, 0.15) is 0 Å². The number of carbonyl (C=O) groups is 1. The van der Waals surface area contributed by atoms with Gasteiger partial charge in [-0.2, -0.15) is 0 Å². The van der Waals surface area contributed by atoms with E-state index in [1.54, 1.807) is 24.3 Å². The van der Waals surface area contributed by atoms with Crippen LogP contribution in [-0.4, -0.2) is 41.7 Å². The first-order chi connectivity index (χ1) is 12.2. The van der Waals surface area contributed by atoms with Crippen molar-refractivity contribution in [3.05, 3.63) is 65.2 Å². The number of aliphatic hydroxyl groups excluding tert-OH is 1. The molecule has 1 unspecified atom stereocenters. The van der Waals surface area contributed by atoms with E-state index in [0.717, 1.165) is 36.4 Å². The second-order valence-electron chi connectivity index (χ2n) is 6.26. The Kier molecular flexibility index (Phi) is 6.09. The van der Waals surface area contributed by atoms with Crippen molar-refractivity contribution in [3.63, 3.8) is 0 Å². The first kappa shape index (κ1) is 17.9. The van der Waals surface area contributed by atoms with Crippen LogP contribution < -0.4 is 10.5 Å². The SMILES string of the molecule is NSc1ccc(C(=O)NCC(O)CN2CCc3ccccc3C2)cc1. The minimum absolute atomic E-state index is 0.184. The lowest BCUT2D eigenvalue weighted by Crippen LogP contribution is -2.42. The third kappa shape index (κ3) is 4.83. The van der Waals surface area contributed by atoms with Crippen molar-refractivity contribution in [1.29, 1.82) is 0 Å². The summed E-state index contributed by atoms with van der Waals surface area (Å²) in [4.78, 5) is 15.3. The van der Waals surface area contributed by atoms with Crippen LogP contribution in [-0.2, 0) is 13.0 Å². The van der Waals surface area contributed by atoms with Gasteiger partial charge in [0.25, 0.3) is 5.91 Å². The van der Waals surface area contributed by atoms with Crippen LogP contribution in [0.1, 0.15) is 21.5 Å². The summed E-state index contributed by atoms with van der Waals surface area (Å²) >= 11 is 1.14. The highest BCUT2D eigenvalue weighted by Crippen LogP contribution is 2.18. The summed E-state index contributed by atoms with van der Waals surface area (Å²) in [5.74, 6) is -0.184. The summed E-state index contributed by atoms with van der Waals surface area (Å²) in [6, 6.07) is 15.5. The van der Waals surface area contributed by atoms with Crippen LogP contribution in [0.5, 0.6) is 0 Å². The molecule has 0 fully saturated rings. The number of benzene rings is 2. The van der Waals surface area contributed by atoms with E-state index in [1.807, 2.05) is 6.07 Å². The second-order valence-corrected chi connectivity index (χ2v) is 6.97. The van der Waals surface area contributed by atoms with Crippen LogP contribution in [0.2, 0.25) is 0 Å². The largest absolute Gasteiger partial charge is 0.390 e. The van der Waals surface area contributed by atoms with E-state index in [0.29, 0.717) is 12.1 Å². The Bertz CT molecular complexity index is 721. The van der Waals surface area contributed by atoms with Crippen molar-refractivity contribution in [3.8, 4) is 0 Å². The highest BCUT2D eigenvalue weighted by molar-refractivity contribution is 7.97. The number of nitrogens with one attached hydrogen (secondary N) is 1. The Labute approximate surface area is 152 Å². The van der Waals surface area contributed by atoms with Crippen molar-refractivity contribution in [1.82, 2.24) is 10.2 Å². The van der Waals surface area contributed by atoms with E-state index < -0.39 is 6.10 Å². The van der Waals surface area contributed by atoms with Crippen LogP contribution >= 0.6 is 11.9 Å². The molecule has 6 heteroatoms. The van der Waals surface area contributed by atoms with E-state index in [2.05, 4.69) is 28.4 Å². The molecule has 0 saturated heterocycles. The van der Waals surface area contributed by atoms with Gasteiger partial charge in [-0.05, 0) is 53.8 Å². The first-order valence-corrected chi connectivity index (χ1v) is 9.26. The maximum absolute atomic E-state index is 12.1. The number of carbonyl (C=O) groups excluding carboxylic acids is 1. The topological polar surface area (TPSA) is 78.6 Å². The van der Waals surface area contributed by atoms with Gasteiger partial charge in [0.15, 0.2) is 0 Å². The summed E-state index contributed by atoms with van der Waals surface area (Å²) in [7, 11) is 0. The van der Waals surface area contributed by atoms with Gasteiger partial charge < -0.3 is 10.4 Å². The van der Waals surface area contributed by atoms with Crippen molar-refractivity contribution >= 4 is 17.9 Å². The molecule has 0 bridgehead atoms. The van der Waals surface area contributed by atoms with Gasteiger partial charge in [-0.15, -0.1) is 0 Å². The quantitative estimate of drug-likeness (QED) is 0.687. The Morgan fingerprint density at radius 3 is 2.64 bits per heavy atom. The fourth-order valence-electron chi connectivity index (χ4n) is 3.07. The molecule has 0 aliphatic carbocycles. The molecule has 2 aromatic rings. The van der Waals surface area contributed by atoms with Gasteiger partial charge in [-0.25, -0.2) is 0 Å². The number of nitrogens with zero attached hydrogens (tertiary/aromatic N) is 1. The molecule has 0 saturated carbocycles. The lowest BCUT2D eigenvalue weighted by atomic mass is 10.00. The van der Waals surface area contributed by atoms with Gasteiger partial charge in [-0.3, -0.25) is 14.8 Å². The normalized spacial score (nSPS) is 15.4. The standard InChI is InChI=1S/C19H23N3O2S/c20-25-18-7-5-15(6-8-18)19(24)21-11-17(23)13-22-10-9-14-3-1-2-4-16(14)12-22/h1-8,17,23H,9-13,20H2,(H,21,24). The number of rotatable bonds is 6. The first-order valence-electron chi connectivity index (χ1n) is 8.38. The van der Waals surface area contributed by atoms with Crippen LogP contribution in [0.3, 0.4) is 0 Å². The monoisotopic (exact) mass is 357 g/mol. The fraction of sp³-hybridized carbons (Fsp3) is 0.316. The molecule has 4 N–H and O–H groups in total. The highest BCUT2D eigenvalue weighted by Gasteiger charge is 2.18. The summed E-state index contributed by atoms with van der Waals surface area (Å²) in [6.45, 7) is 2.57. The van der Waals surface area contributed by atoms with Crippen LogP contribution in [0.4, 0.5) is 0 Å². The molecule has 0 aromatic heterocycles. The summed E-state index contributed by atoms with van der Waals surface area (Å²) in [5, 5.41) is 18.5. The highest BCUT2D eigenvalue weighted by atomic mass is 32.2. The average molecular weight is 357 g/mol. The lowest BCUT2D eigenvalue weighted by Gasteiger charge is -2.30. The van der Waals surface area contributed by atoms with Crippen molar-refractivity contribution < 1.29 is 9.90 Å². The number of nitrogens with two attached hydrogens (primary N) is 1. The van der Waals surface area contributed by atoms with Gasteiger partial charge in [0, 0.05) is 36.6 Å². The molecule has 2 aromatic carbocycles. The Balaban J connectivity index is 1.46. The average Bonchev–Trinajstić information content (AvgIpc) is 2.66. The zero-order valence-electron chi connectivity index (χ0n) is 14.0. The van der Waals surface area contributed by atoms with Gasteiger partial charge in [-0.1, -0.05) is 24.3 Å². The number of amides is 1. The predicted octanol–water partition coefficient (Wildman–Crippen LogP) is 1.80. The van der Waals surface area contributed by atoms with E-state index in [9.17, 15) is 9.90 Å². The number of β-amino-alcohol motifs (C(OH)–C–C–N with tert-alkyl or cyclic N) is 1. The zero-order chi connectivity index (χ0) is 17.6. The summed E-state index contributed by atoms with van der Waals surface area (Å²) < 4.78 is 0. The second kappa shape index (κ2) is 8.49. The Morgan fingerprint density at radius 1 is 1.20 bits per heavy atom. The number of fused-ring (bicyclic) bond motifs is 1. The molecule has 25 heavy (non-hydrogen) atoms. The van der Waals surface area contributed by atoms with Gasteiger partial charge in [0.05, 0.1) is 6.10 Å². The minimum atomic E-state index is -0.590. The van der Waals surface area contributed by atoms with E-state index in [-0.39, 0.29) is 12.5 Å². The smallest absolute Gasteiger partial charge is 0.251 e. The molecule has 1 aliphatic rings. The van der Waals surface area contributed by atoms with Crippen LogP contribution in [0.15, 0.2) is 53.4 Å². The molecule has 5 nitrogen and oxygen atoms in total. The zero-order valence-corrected chi connectivity index (χ0v) is 14.8. The third-order valence-corrected chi connectivity index (χ3v) is 4.97. The van der Waals surface area contributed by atoms with E-state index in [4.69, 9.17) is 5.14 Å². The molecular formula is C19H23N3O2S. The predicted molar refractivity (Wildman–Crippen MR) is 100 cm³/mol. The summed E-state index contributed by atoms with van der Waals surface area (Å²) in [5.41, 5.74) is 3.28. The van der Waals surface area contributed by atoms with Gasteiger partial charge >= 0.3 is 0 Å². The molecule has 1 amide bonds. The number of aliphatic hydroxyl groups is 1. The maximum atomic E-state index is 12.1. The Hall–Kier alpha value is -1.86. The summed E-state index contributed by atoms with van der Waals surface area (Å²) in [6.07, 6.45) is 0.411. The van der Waals surface area contributed by atoms with Crippen LogP contribution in [0, 0.1) is 0 Å². The molecule has 1 atom stereocenters. The number of hydrogen-bond donors (Lipinski definition) is 3. The third-order valence-electron chi connectivity index (χ3n) is 4.43. The molecule has 1 aliphatic heterocycles.